The molecule has 0 spiro atoms. The van der Waals surface area contributed by atoms with Gasteiger partial charge in [-0.15, -0.1) is 24.0 Å². The van der Waals surface area contributed by atoms with Crippen LogP contribution in [0.25, 0.3) is 0 Å². The number of guanidine groups is 1. The molecule has 0 bridgehead atoms. The molecule has 1 heterocycles. The van der Waals surface area contributed by atoms with Crippen molar-refractivity contribution in [1.29, 1.82) is 0 Å². The number of rotatable bonds is 3. The maximum absolute atomic E-state index is 11.1. The molecule has 128 valence electrons. The van der Waals surface area contributed by atoms with Crippen molar-refractivity contribution in [3.05, 3.63) is 29.8 Å². The Labute approximate surface area is 156 Å². The average Bonchev–Trinajstić information content (AvgIpc) is 2.49. The van der Waals surface area contributed by atoms with E-state index in [4.69, 9.17) is 0 Å². The van der Waals surface area contributed by atoms with Gasteiger partial charge >= 0.3 is 0 Å². The Morgan fingerprint density at radius 3 is 2.65 bits per heavy atom. The van der Waals surface area contributed by atoms with Gasteiger partial charge in [0, 0.05) is 39.3 Å². The largest absolute Gasteiger partial charge is 0.352 e. The molecule has 2 rings (SSSR count). The Morgan fingerprint density at radius 2 is 2.04 bits per heavy atom. The standard InChI is InChI=1S/C17H26N4O.HI/c1-13-7-9-21(10-8-13)17(18-3)19-12-15-5-4-6-16(11-15)20-14(2)22;/h4-6,11,13H,7-10,12H2,1-3H3,(H,18,19)(H,20,22);1H. The van der Waals surface area contributed by atoms with Crippen LogP contribution in [0.4, 0.5) is 5.69 Å². The van der Waals surface area contributed by atoms with Gasteiger partial charge in [-0.2, -0.15) is 0 Å². The first kappa shape index (κ1) is 19.7. The Kier molecular flexibility index (Phi) is 8.36. The van der Waals surface area contributed by atoms with Crippen LogP contribution in [0.1, 0.15) is 32.3 Å². The van der Waals surface area contributed by atoms with Crippen LogP contribution in [0.15, 0.2) is 29.3 Å². The minimum atomic E-state index is -0.0524. The molecule has 1 fully saturated rings. The fourth-order valence-corrected chi connectivity index (χ4v) is 2.70. The maximum atomic E-state index is 11.1. The molecule has 1 aromatic rings. The lowest BCUT2D eigenvalue weighted by Crippen LogP contribution is -2.45. The molecule has 2 N–H and O–H groups in total. The summed E-state index contributed by atoms with van der Waals surface area (Å²) in [5.74, 6) is 1.71. The van der Waals surface area contributed by atoms with E-state index in [1.165, 1.54) is 19.8 Å². The van der Waals surface area contributed by atoms with E-state index in [2.05, 4.69) is 27.4 Å². The highest BCUT2D eigenvalue weighted by molar-refractivity contribution is 14.0. The Hall–Kier alpha value is -1.31. The second kappa shape index (κ2) is 9.75. The molecule has 1 aromatic carbocycles. The number of carbonyl (C=O) groups excluding carboxylic acids is 1. The first-order valence-corrected chi connectivity index (χ1v) is 7.90. The molecular formula is C17H27IN4O. The topological polar surface area (TPSA) is 56.7 Å². The van der Waals surface area contributed by atoms with Crippen molar-refractivity contribution in [2.24, 2.45) is 10.9 Å². The molecule has 0 aliphatic carbocycles. The quantitative estimate of drug-likeness (QED) is 0.440. The summed E-state index contributed by atoms with van der Waals surface area (Å²) >= 11 is 0. The Morgan fingerprint density at radius 1 is 1.35 bits per heavy atom. The van der Waals surface area contributed by atoms with Gasteiger partial charge in [-0.3, -0.25) is 9.79 Å². The third-order valence-corrected chi connectivity index (χ3v) is 3.99. The smallest absolute Gasteiger partial charge is 0.221 e. The van der Waals surface area contributed by atoms with Crippen molar-refractivity contribution in [1.82, 2.24) is 10.2 Å². The molecule has 1 aliphatic rings. The van der Waals surface area contributed by atoms with Crippen LogP contribution in [0.2, 0.25) is 0 Å². The zero-order chi connectivity index (χ0) is 15.9. The molecule has 0 radical (unpaired) electrons. The van der Waals surface area contributed by atoms with E-state index in [1.807, 2.05) is 31.3 Å². The van der Waals surface area contributed by atoms with Crippen molar-refractivity contribution < 1.29 is 4.79 Å². The van der Waals surface area contributed by atoms with Gasteiger partial charge in [0.25, 0.3) is 0 Å². The van der Waals surface area contributed by atoms with E-state index in [9.17, 15) is 4.79 Å². The number of nitrogens with zero attached hydrogens (tertiary/aromatic N) is 2. The van der Waals surface area contributed by atoms with E-state index in [1.54, 1.807) is 0 Å². The number of aliphatic imine (C=N–C) groups is 1. The molecule has 1 saturated heterocycles. The zero-order valence-electron chi connectivity index (χ0n) is 14.1. The summed E-state index contributed by atoms with van der Waals surface area (Å²) in [4.78, 5) is 17.8. The summed E-state index contributed by atoms with van der Waals surface area (Å²) < 4.78 is 0. The molecule has 0 saturated carbocycles. The normalized spacial score (nSPS) is 15.8. The Balaban J connectivity index is 0.00000264. The van der Waals surface area contributed by atoms with Crippen LogP contribution in [-0.2, 0) is 11.3 Å². The minimum Gasteiger partial charge on any atom is -0.352 e. The fraction of sp³-hybridized carbons (Fsp3) is 0.529. The van der Waals surface area contributed by atoms with E-state index in [0.717, 1.165) is 36.2 Å². The van der Waals surface area contributed by atoms with Crippen molar-refractivity contribution in [2.75, 3.05) is 25.5 Å². The lowest BCUT2D eigenvalue weighted by atomic mass is 9.99. The molecule has 0 unspecified atom stereocenters. The summed E-state index contributed by atoms with van der Waals surface area (Å²) in [5, 5.41) is 6.22. The van der Waals surface area contributed by atoms with E-state index < -0.39 is 0 Å². The van der Waals surface area contributed by atoms with Gasteiger partial charge in [-0.05, 0) is 36.5 Å². The third kappa shape index (κ3) is 6.37. The van der Waals surface area contributed by atoms with E-state index in [-0.39, 0.29) is 29.9 Å². The summed E-state index contributed by atoms with van der Waals surface area (Å²) in [5.41, 5.74) is 1.95. The van der Waals surface area contributed by atoms with Gasteiger partial charge in [0.1, 0.15) is 0 Å². The third-order valence-electron chi connectivity index (χ3n) is 3.99. The van der Waals surface area contributed by atoms with E-state index in [0.29, 0.717) is 6.54 Å². The number of likely N-dealkylation sites (tertiary alicyclic amines) is 1. The lowest BCUT2D eigenvalue weighted by Gasteiger charge is -2.32. The monoisotopic (exact) mass is 430 g/mol. The molecule has 0 atom stereocenters. The number of hydrogen-bond acceptors (Lipinski definition) is 2. The predicted molar refractivity (Wildman–Crippen MR) is 106 cm³/mol. The van der Waals surface area contributed by atoms with Crippen LogP contribution in [0, 0.1) is 5.92 Å². The molecule has 1 amide bonds. The number of benzene rings is 1. The molecule has 6 heteroatoms. The number of carbonyl (C=O) groups is 1. The molecule has 1 aliphatic heterocycles. The van der Waals surface area contributed by atoms with Gasteiger partial charge in [-0.25, -0.2) is 0 Å². The van der Waals surface area contributed by atoms with Gasteiger partial charge < -0.3 is 15.5 Å². The first-order chi connectivity index (χ1) is 10.6. The number of nitrogens with one attached hydrogen (secondary N) is 2. The van der Waals surface area contributed by atoms with Gasteiger partial charge in [0.15, 0.2) is 5.96 Å². The van der Waals surface area contributed by atoms with Crippen LogP contribution in [0.5, 0.6) is 0 Å². The highest BCUT2D eigenvalue weighted by Gasteiger charge is 2.18. The van der Waals surface area contributed by atoms with E-state index >= 15 is 0 Å². The summed E-state index contributed by atoms with van der Waals surface area (Å²) in [6.07, 6.45) is 2.44. The molecule has 0 aromatic heterocycles. The Bertz CT molecular complexity index is 539. The summed E-state index contributed by atoms with van der Waals surface area (Å²) in [6.45, 7) is 6.65. The molecule has 5 nitrogen and oxygen atoms in total. The predicted octanol–water partition coefficient (Wildman–Crippen LogP) is 3.07. The SMILES string of the molecule is CN=C(NCc1cccc(NC(C)=O)c1)N1CCC(C)CC1.I. The number of piperidine rings is 1. The fourth-order valence-electron chi connectivity index (χ4n) is 2.70. The number of amides is 1. The lowest BCUT2D eigenvalue weighted by molar-refractivity contribution is -0.114. The first-order valence-electron chi connectivity index (χ1n) is 7.90. The number of anilines is 1. The van der Waals surface area contributed by atoms with Crippen LogP contribution in [0.3, 0.4) is 0 Å². The highest BCUT2D eigenvalue weighted by Crippen LogP contribution is 2.16. The van der Waals surface area contributed by atoms with Crippen molar-refractivity contribution in [2.45, 2.75) is 33.2 Å². The molecule has 23 heavy (non-hydrogen) atoms. The minimum absolute atomic E-state index is 0. The van der Waals surface area contributed by atoms with Crippen LogP contribution >= 0.6 is 24.0 Å². The van der Waals surface area contributed by atoms with Crippen molar-refractivity contribution >= 4 is 41.5 Å². The van der Waals surface area contributed by atoms with Crippen molar-refractivity contribution in [3.63, 3.8) is 0 Å². The average molecular weight is 430 g/mol. The summed E-state index contributed by atoms with van der Waals surface area (Å²) in [6, 6.07) is 7.88. The van der Waals surface area contributed by atoms with Crippen molar-refractivity contribution in [3.8, 4) is 0 Å². The maximum Gasteiger partial charge on any atom is 0.221 e. The van der Waals surface area contributed by atoms with Gasteiger partial charge in [-0.1, -0.05) is 19.1 Å². The second-order valence-electron chi connectivity index (χ2n) is 5.95. The number of halogens is 1. The number of hydrogen-bond donors (Lipinski definition) is 2. The summed E-state index contributed by atoms with van der Waals surface area (Å²) in [7, 11) is 1.83. The van der Waals surface area contributed by atoms with Crippen LogP contribution < -0.4 is 10.6 Å². The molecular weight excluding hydrogens is 403 g/mol. The highest BCUT2D eigenvalue weighted by atomic mass is 127. The van der Waals surface area contributed by atoms with Crippen LogP contribution in [-0.4, -0.2) is 36.9 Å². The van der Waals surface area contributed by atoms with Gasteiger partial charge in [0.2, 0.25) is 5.91 Å². The second-order valence-corrected chi connectivity index (χ2v) is 5.95. The zero-order valence-corrected chi connectivity index (χ0v) is 16.5. The van der Waals surface area contributed by atoms with Gasteiger partial charge in [0.05, 0.1) is 0 Å².